The molecule has 0 bridgehead atoms. The number of nitrogens with zero attached hydrogens (tertiary/aromatic N) is 1. The van der Waals surface area contributed by atoms with Gasteiger partial charge in [-0.25, -0.2) is 4.79 Å². The van der Waals surface area contributed by atoms with Gasteiger partial charge in [0.25, 0.3) is 0 Å². The van der Waals surface area contributed by atoms with Gasteiger partial charge < -0.3 is 9.52 Å². The van der Waals surface area contributed by atoms with Crippen molar-refractivity contribution in [2.45, 2.75) is 12.8 Å². The van der Waals surface area contributed by atoms with Crippen molar-refractivity contribution in [3.8, 4) is 28.2 Å². The molecule has 2 aromatic heterocycles. The number of aryl methyl sites for hydroxylation is 1. The van der Waals surface area contributed by atoms with Gasteiger partial charge in [-0.3, -0.25) is 4.98 Å². The molecule has 0 spiro atoms. The quantitative estimate of drug-likeness (QED) is 0.735. The minimum atomic E-state index is -0.612. The Bertz CT molecular complexity index is 904. The van der Waals surface area contributed by atoms with E-state index in [0.29, 0.717) is 11.1 Å². The van der Waals surface area contributed by atoms with Gasteiger partial charge in [0.05, 0.1) is 0 Å². The summed E-state index contributed by atoms with van der Waals surface area (Å²) in [4.78, 5) is 16.4. The van der Waals surface area contributed by atoms with Gasteiger partial charge >= 0.3 is 5.63 Å². The van der Waals surface area contributed by atoms with E-state index in [2.05, 4.69) is 4.98 Å². The maximum absolute atomic E-state index is 12.4. The molecule has 116 valence electrons. The number of rotatable bonds is 3. The number of aromatic nitrogens is 1. The predicted molar refractivity (Wildman–Crippen MR) is 89.6 cm³/mol. The van der Waals surface area contributed by atoms with E-state index in [0.717, 1.165) is 11.1 Å². The van der Waals surface area contributed by atoms with Crippen molar-refractivity contribution in [3.05, 3.63) is 70.3 Å². The molecule has 1 aromatic carbocycles. The Balaban J connectivity index is 2.18. The second kappa shape index (κ2) is 6.26. The molecule has 3 aromatic rings. The molecule has 0 aliphatic carbocycles. The Morgan fingerprint density at radius 3 is 2.74 bits per heavy atom. The number of hydrogen-bond donors (Lipinski definition) is 1. The summed E-state index contributed by atoms with van der Waals surface area (Å²) in [5.74, 6) is 0.361. The van der Waals surface area contributed by atoms with Crippen molar-refractivity contribution in [2.75, 3.05) is 0 Å². The van der Waals surface area contributed by atoms with Crippen LogP contribution in [0.4, 0.5) is 0 Å². The summed E-state index contributed by atoms with van der Waals surface area (Å²) in [6.07, 6.45) is 3.18. The minimum Gasteiger partial charge on any atom is -0.507 e. The Labute approximate surface area is 138 Å². The number of pyridine rings is 1. The van der Waals surface area contributed by atoms with Gasteiger partial charge in [-0.05, 0) is 30.2 Å². The van der Waals surface area contributed by atoms with Gasteiger partial charge in [-0.1, -0.05) is 23.8 Å². The van der Waals surface area contributed by atoms with Crippen LogP contribution in [0.3, 0.4) is 0 Å². The van der Waals surface area contributed by atoms with E-state index in [-0.39, 0.29) is 23.0 Å². The summed E-state index contributed by atoms with van der Waals surface area (Å²) in [6, 6.07) is 10.4. The molecule has 0 aliphatic rings. The van der Waals surface area contributed by atoms with E-state index in [9.17, 15) is 9.90 Å². The van der Waals surface area contributed by atoms with Gasteiger partial charge in [0.2, 0.25) is 0 Å². The Morgan fingerprint density at radius 1 is 1.26 bits per heavy atom. The van der Waals surface area contributed by atoms with Gasteiger partial charge in [-0.15, -0.1) is 11.6 Å². The number of alkyl halides is 1. The zero-order chi connectivity index (χ0) is 16.4. The first-order chi connectivity index (χ1) is 11.1. The fraction of sp³-hybridized carbons (Fsp3) is 0.111. The molecule has 23 heavy (non-hydrogen) atoms. The number of halogens is 1. The van der Waals surface area contributed by atoms with Gasteiger partial charge in [0, 0.05) is 29.9 Å². The maximum Gasteiger partial charge on any atom is 0.347 e. The van der Waals surface area contributed by atoms with Crippen molar-refractivity contribution in [1.29, 1.82) is 0 Å². The third-order valence-electron chi connectivity index (χ3n) is 3.55. The van der Waals surface area contributed by atoms with Crippen LogP contribution in [-0.4, -0.2) is 10.1 Å². The molecule has 0 fully saturated rings. The molecular weight excluding hydrogens is 314 g/mol. The van der Waals surface area contributed by atoms with Crippen LogP contribution in [0.1, 0.15) is 11.1 Å². The highest BCUT2D eigenvalue weighted by Gasteiger charge is 2.17. The molecule has 0 atom stereocenters. The lowest BCUT2D eigenvalue weighted by atomic mass is 9.99. The van der Waals surface area contributed by atoms with E-state index in [4.69, 9.17) is 16.0 Å². The fourth-order valence-electron chi connectivity index (χ4n) is 2.46. The molecule has 0 aliphatic heterocycles. The van der Waals surface area contributed by atoms with Crippen molar-refractivity contribution in [2.24, 2.45) is 0 Å². The zero-order valence-electron chi connectivity index (χ0n) is 12.4. The van der Waals surface area contributed by atoms with Crippen LogP contribution in [0.25, 0.3) is 22.5 Å². The topological polar surface area (TPSA) is 63.3 Å². The molecule has 0 saturated heterocycles. The van der Waals surface area contributed by atoms with Crippen molar-refractivity contribution < 1.29 is 9.52 Å². The molecule has 3 rings (SSSR count). The lowest BCUT2D eigenvalue weighted by Crippen LogP contribution is -2.05. The molecular formula is C18H14ClNO3. The highest BCUT2D eigenvalue weighted by atomic mass is 35.5. The number of hydrogen-bond acceptors (Lipinski definition) is 4. The summed E-state index contributed by atoms with van der Waals surface area (Å²) >= 11 is 5.96. The highest BCUT2D eigenvalue weighted by molar-refractivity contribution is 6.17. The third-order valence-corrected chi connectivity index (χ3v) is 3.84. The monoisotopic (exact) mass is 327 g/mol. The lowest BCUT2D eigenvalue weighted by Gasteiger charge is -2.10. The van der Waals surface area contributed by atoms with Gasteiger partial charge in [-0.2, -0.15) is 0 Å². The zero-order valence-corrected chi connectivity index (χ0v) is 13.2. The third kappa shape index (κ3) is 2.98. The molecule has 4 nitrogen and oxygen atoms in total. The Hall–Kier alpha value is -2.59. The average Bonchev–Trinajstić information content (AvgIpc) is 2.56. The van der Waals surface area contributed by atoms with Crippen LogP contribution in [0.2, 0.25) is 0 Å². The average molecular weight is 328 g/mol. The summed E-state index contributed by atoms with van der Waals surface area (Å²) in [5.41, 5.74) is 2.50. The predicted octanol–water partition coefficient (Wildman–Crippen LogP) is 4.12. The molecule has 0 radical (unpaired) electrons. The van der Waals surface area contributed by atoms with Crippen molar-refractivity contribution in [1.82, 2.24) is 4.98 Å². The molecule has 0 unspecified atom stereocenters. The van der Waals surface area contributed by atoms with E-state index >= 15 is 0 Å². The van der Waals surface area contributed by atoms with Gasteiger partial charge in [0.1, 0.15) is 17.1 Å². The molecule has 5 heteroatoms. The van der Waals surface area contributed by atoms with E-state index in [1.165, 1.54) is 6.07 Å². The smallest absolute Gasteiger partial charge is 0.347 e. The van der Waals surface area contributed by atoms with Crippen molar-refractivity contribution in [3.63, 3.8) is 0 Å². The first-order valence-corrected chi connectivity index (χ1v) is 7.57. The SMILES string of the molecule is Cc1ccc(-c2c(O)cc(-c3cccnc3)oc2=O)c(CCl)c1. The molecule has 0 saturated carbocycles. The first kappa shape index (κ1) is 15.3. The van der Waals surface area contributed by atoms with E-state index in [1.807, 2.05) is 19.1 Å². The van der Waals surface area contributed by atoms with Crippen LogP contribution in [0.5, 0.6) is 5.75 Å². The normalized spacial score (nSPS) is 10.7. The Kier molecular flexibility index (Phi) is 4.17. The molecule has 1 N–H and O–H groups in total. The first-order valence-electron chi connectivity index (χ1n) is 7.03. The second-order valence-electron chi connectivity index (χ2n) is 5.19. The highest BCUT2D eigenvalue weighted by Crippen LogP contribution is 2.33. The van der Waals surface area contributed by atoms with Crippen molar-refractivity contribution >= 4 is 11.6 Å². The standard InChI is InChI=1S/C18H14ClNO3/c1-11-4-5-14(13(7-11)9-19)17-15(21)8-16(23-18(17)22)12-3-2-6-20-10-12/h2-8,10,21H,9H2,1H3. The Morgan fingerprint density at radius 2 is 2.09 bits per heavy atom. The minimum absolute atomic E-state index is 0.119. The van der Waals surface area contributed by atoms with Crippen LogP contribution in [0, 0.1) is 6.92 Å². The summed E-state index contributed by atoms with van der Waals surface area (Å²) in [5, 5.41) is 10.4. The van der Waals surface area contributed by atoms with Crippen LogP contribution >= 0.6 is 11.6 Å². The molecule has 2 heterocycles. The summed E-state index contributed by atoms with van der Waals surface area (Å²) in [6.45, 7) is 1.94. The summed E-state index contributed by atoms with van der Waals surface area (Å²) in [7, 11) is 0. The van der Waals surface area contributed by atoms with Crippen LogP contribution in [0.15, 0.2) is 58.0 Å². The maximum atomic E-state index is 12.4. The second-order valence-corrected chi connectivity index (χ2v) is 5.46. The number of benzene rings is 1. The number of aromatic hydroxyl groups is 1. The molecule has 0 amide bonds. The van der Waals surface area contributed by atoms with E-state index in [1.54, 1.807) is 30.6 Å². The largest absolute Gasteiger partial charge is 0.507 e. The fourth-order valence-corrected chi connectivity index (χ4v) is 2.68. The van der Waals surface area contributed by atoms with Crippen LogP contribution in [-0.2, 0) is 5.88 Å². The lowest BCUT2D eigenvalue weighted by molar-refractivity contribution is 0.456. The van der Waals surface area contributed by atoms with Gasteiger partial charge in [0.15, 0.2) is 0 Å². The van der Waals surface area contributed by atoms with Crippen LogP contribution < -0.4 is 5.63 Å². The summed E-state index contributed by atoms with van der Waals surface area (Å²) < 4.78 is 5.36. The van der Waals surface area contributed by atoms with E-state index < -0.39 is 5.63 Å².